The van der Waals surface area contributed by atoms with Gasteiger partial charge in [0.05, 0.1) is 13.2 Å². The lowest BCUT2D eigenvalue weighted by Gasteiger charge is -2.27. The molecular formula is C15H15N3O3. The highest BCUT2D eigenvalue weighted by molar-refractivity contribution is 5.41. The zero-order valence-corrected chi connectivity index (χ0v) is 11.4. The molecule has 0 bridgehead atoms. The van der Waals surface area contributed by atoms with Crippen LogP contribution in [0.5, 0.6) is 11.5 Å². The molecule has 0 aliphatic carbocycles. The van der Waals surface area contributed by atoms with Crippen LogP contribution in [0.1, 0.15) is 0 Å². The van der Waals surface area contributed by atoms with Gasteiger partial charge in [-0.1, -0.05) is 12.1 Å². The minimum atomic E-state index is 0.776. The molecule has 4 rings (SSSR count). The lowest BCUT2D eigenvalue weighted by Crippen LogP contribution is -2.36. The van der Waals surface area contributed by atoms with E-state index in [0.717, 1.165) is 43.6 Å². The lowest BCUT2D eigenvalue weighted by molar-refractivity contribution is 0.122. The van der Waals surface area contributed by atoms with Gasteiger partial charge in [-0.2, -0.15) is 0 Å². The van der Waals surface area contributed by atoms with Crippen LogP contribution >= 0.6 is 0 Å². The molecule has 0 saturated carbocycles. The zero-order valence-electron chi connectivity index (χ0n) is 11.4. The largest absolute Gasteiger partial charge is 0.444 e. The molecule has 1 saturated heterocycles. The van der Waals surface area contributed by atoms with E-state index in [2.05, 4.69) is 20.9 Å². The molecule has 108 valence electrons. The zero-order chi connectivity index (χ0) is 14.3. The molecule has 0 N–H and O–H groups in total. The fourth-order valence-corrected chi connectivity index (χ4v) is 1.97. The predicted octanol–water partition coefficient (Wildman–Crippen LogP) is 1.69. The summed E-state index contributed by atoms with van der Waals surface area (Å²) in [5.74, 6) is 2.45. The van der Waals surface area contributed by atoms with Crippen molar-refractivity contribution in [3.63, 3.8) is 0 Å². The molecule has 6 nitrogen and oxygen atoms in total. The molecule has 1 aromatic heterocycles. The van der Waals surface area contributed by atoms with Crippen LogP contribution in [0, 0.1) is 12.9 Å². The molecule has 0 amide bonds. The van der Waals surface area contributed by atoms with Gasteiger partial charge in [-0.25, -0.2) is 9.97 Å². The number of fused-ring (bicyclic) bond motifs is 1. The molecule has 3 heterocycles. The number of benzene rings is 1. The second-order valence-corrected chi connectivity index (χ2v) is 4.37. The summed E-state index contributed by atoms with van der Waals surface area (Å²) in [5.41, 5.74) is 0. The van der Waals surface area contributed by atoms with E-state index in [0.29, 0.717) is 0 Å². The summed E-state index contributed by atoms with van der Waals surface area (Å²) in [6, 6.07) is 10.5. The molecule has 2 radical (unpaired) electrons. The maximum absolute atomic E-state index is 5.22. The number of anilines is 1. The molecule has 1 fully saturated rings. The van der Waals surface area contributed by atoms with Crippen LogP contribution in [0.2, 0.25) is 0 Å². The van der Waals surface area contributed by atoms with Crippen LogP contribution < -0.4 is 14.4 Å². The first-order valence-corrected chi connectivity index (χ1v) is 6.68. The average Bonchev–Trinajstić information content (AvgIpc) is 3.06. The van der Waals surface area contributed by atoms with Crippen LogP contribution in [0.25, 0.3) is 0 Å². The fourth-order valence-electron chi connectivity index (χ4n) is 1.97. The van der Waals surface area contributed by atoms with Crippen molar-refractivity contribution in [2.75, 3.05) is 31.2 Å². The molecule has 2 aliphatic heterocycles. The molecule has 2 aliphatic rings. The maximum Gasteiger partial charge on any atom is 0.316 e. The average molecular weight is 285 g/mol. The second kappa shape index (κ2) is 6.90. The van der Waals surface area contributed by atoms with Crippen LogP contribution in [0.4, 0.5) is 5.82 Å². The molecule has 2 aromatic rings. The summed E-state index contributed by atoms with van der Waals surface area (Å²) in [4.78, 5) is 10.1. The van der Waals surface area contributed by atoms with Crippen molar-refractivity contribution in [3.05, 3.63) is 49.6 Å². The van der Waals surface area contributed by atoms with Gasteiger partial charge in [0, 0.05) is 25.4 Å². The minimum Gasteiger partial charge on any atom is -0.444 e. The van der Waals surface area contributed by atoms with Gasteiger partial charge in [-0.15, -0.1) is 0 Å². The number of nitrogens with zero attached hydrogens (tertiary/aromatic N) is 3. The smallest absolute Gasteiger partial charge is 0.316 e. The fraction of sp³-hybridized carbons (Fsp3) is 0.267. The number of rotatable bonds is 1. The predicted molar refractivity (Wildman–Crippen MR) is 75.9 cm³/mol. The van der Waals surface area contributed by atoms with Gasteiger partial charge in [0.15, 0.2) is 11.5 Å². The third kappa shape index (κ3) is 3.61. The molecule has 0 unspecified atom stereocenters. The van der Waals surface area contributed by atoms with E-state index in [1.165, 1.54) is 6.79 Å². The van der Waals surface area contributed by atoms with Crippen molar-refractivity contribution in [1.29, 1.82) is 0 Å². The summed E-state index contributed by atoms with van der Waals surface area (Å²) >= 11 is 0. The summed E-state index contributed by atoms with van der Waals surface area (Å²) < 4.78 is 15.1. The number of aromatic nitrogens is 2. The SMILES string of the molecule is [CH]1Oc2ccccc2O1.[c]1cncnc1N1CCOCC1. The highest BCUT2D eigenvalue weighted by Gasteiger charge is 2.11. The molecular weight excluding hydrogens is 270 g/mol. The van der Waals surface area contributed by atoms with E-state index in [1.807, 2.05) is 24.3 Å². The Balaban J connectivity index is 0.000000131. The highest BCUT2D eigenvalue weighted by Crippen LogP contribution is 2.31. The lowest BCUT2D eigenvalue weighted by atomic mass is 10.3. The Hall–Kier alpha value is -2.34. The Morgan fingerprint density at radius 1 is 1.05 bits per heavy atom. The topological polar surface area (TPSA) is 56.7 Å². The van der Waals surface area contributed by atoms with Crippen molar-refractivity contribution in [2.45, 2.75) is 0 Å². The van der Waals surface area contributed by atoms with Crippen molar-refractivity contribution in [3.8, 4) is 11.5 Å². The Morgan fingerprint density at radius 3 is 2.38 bits per heavy atom. The summed E-state index contributed by atoms with van der Waals surface area (Å²) in [6.07, 6.45) is 3.18. The Bertz CT molecular complexity index is 536. The van der Waals surface area contributed by atoms with E-state index < -0.39 is 0 Å². The number of morpholine rings is 1. The Labute approximate surface area is 123 Å². The molecule has 21 heavy (non-hydrogen) atoms. The Morgan fingerprint density at radius 2 is 1.76 bits per heavy atom. The number of hydrogen-bond acceptors (Lipinski definition) is 6. The first-order chi connectivity index (χ1) is 10.4. The van der Waals surface area contributed by atoms with Crippen LogP contribution in [-0.2, 0) is 4.74 Å². The summed E-state index contributed by atoms with van der Waals surface area (Å²) in [5, 5.41) is 0. The van der Waals surface area contributed by atoms with Crippen molar-refractivity contribution in [2.24, 2.45) is 0 Å². The van der Waals surface area contributed by atoms with Gasteiger partial charge >= 0.3 is 6.79 Å². The van der Waals surface area contributed by atoms with Gasteiger partial charge in [0.25, 0.3) is 0 Å². The standard InChI is InChI=1S/C8H10N3O.C7H5O2/c1-2-9-7-10-8(1)11-3-5-12-6-4-11;1-2-4-7-6(3-1)8-5-9-7/h2,7H,3-6H2;1-5H. The normalized spacial score (nSPS) is 16.1. The molecule has 0 spiro atoms. The monoisotopic (exact) mass is 285 g/mol. The first-order valence-electron chi connectivity index (χ1n) is 6.68. The third-order valence-electron chi connectivity index (χ3n) is 3.02. The van der Waals surface area contributed by atoms with Gasteiger partial charge in [0.1, 0.15) is 12.1 Å². The number of ether oxygens (including phenoxy) is 3. The molecule has 6 heteroatoms. The van der Waals surface area contributed by atoms with Crippen molar-refractivity contribution < 1.29 is 14.2 Å². The van der Waals surface area contributed by atoms with E-state index >= 15 is 0 Å². The van der Waals surface area contributed by atoms with Crippen molar-refractivity contribution in [1.82, 2.24) is 9.97 Å². The van der Waals surface area contributed by atoms with Crippen LogP contribution in [0.15, 0.2) is 36.8 Å². The van der Waals surface area contributed by atoms with E-state index in [9.17, 15) is 0 Å². The Kier molecular flexibility index (Phi) is 4.48. The van der Waals surface area contributed by atoms with Crippen molar-refractivity contribution >= 4 is 5.82 Å². The van der Waals surface area contributed by atoms with Gasteiger partial charge in [-0.3, -0.25) is 0 Å². The maximum atomic E-state index is 5.22. The quantitative estimate of drug-likeness (QED) is 0.794. The number of para-hydroxylation sites is 2. The highest BCUT2D eigenvalue weighted by atomic mass is 16.7. The van der Waals surface area contributed by atoms with E-state index in [1.54, 1.807) is 12.5 Å². The van der Waals surface area contributed by atoms with E-state index in [4.69, 9.17) is 14.2 Å². The molecule has 1 aromatic carbocycles. The van der Waals surface area contributed by atoms with E-state index in [-0.39, 0.29) is 0 Å². The van der Waals surface area contributed by atoms with Gasteiger partial charge in [0.2, 0.25) is 0 Å². The minimum absolute atomic E-state index is 0.776. The van der Waals surface area contributed by atoms with Crippen LogP contribution in [-0.4, -0.2) is 36.3 Å². The summed E-state index contributed by atoms with van der Waals surface area (Å²) in [6.45, 7) is 4.67. The van der Waals surface area contributed by atoms with Crippen LogP contribution in [0.3, 0.4) is 0 Å². The number of hydrogen-bond donors (Lipinski definition) is 0. The third-order valence-corrected chi connectivity index (χ3v) is 3.02. The molecule has 0 atom stereocenters. The second-order valence-electron chi connectivity index (χ2n) is 4.37. The van der Waals surface area contributed by atoms with Gasteiger partial charge < -0.3 is 19.1 Å². The van der Waals surface area contributed by atoms with Gasteiger partial charge in [-0.05, 0) is 12.1 Å². The first kappa shape index (κ1) is 13.6. The summed E-state index contributed by atoms with van der Waals surface area (Å²) in [7, 11) is 0.